The maximum Gasteiger partial charge on any atom is 0.185 e. The van der Waals surface area contributed by atoms with E-state index in [-0.39, 0.29) is 0 Å². The van der Waals surface area contributed by atoms with Crippen molar-refractivity contribution in [3.05, 3.63) is 78.6 Å². The number of anilines is 1. The molecule has 6 nitrogen and oxygen atoms in total. The quantitative estimate of drug-likeness (QED) is 0.400. The van der Waals surface area contributed by atoms with E-state index in [1.165, 1.54) is 5.39 Å². The van der Waals surface area contributed by atoms with E-state index in [1.807, 2.05) is 54.7 Å². The number of hydrogen-bond acceptors (Lipinski definition) is 5. The van der Waals surface area contributed by atoms with Crippen LogP contribution in [-0.2, 0) is 0 Å². The molecule has 2 heterocycles. The van der Waals surface area contributed by atoms with Crippen molar-refractivity contribution in [3.8, 4) is 0 Å². The molecule has 5 rings (SSSR count). The summed E-state index contributed by atoms with van der Waals surface area (Å²) in [5, 5.41) is 21.3. The van der Waals surface area contributed by atoms with E-state index in [2.05, 4.69) is 44.0 Å². The van der Waals surface area contributed by atoms with Gasteiger partial charge in [-0.05, 0) is 10.8 Å². The van der Waals surface area contributed by atoms with Gasteiger partial charge in [0.15, 0.2) is 11.5 Å². The number of hydrazone groups is 1. The van der Waals surface area contributed by atoms with Crippen molar-refractivity contribution >= 4 is 39.2 Å². The Kier molecular flexibility index (Phi) is 3.31. The van der Waals surface area contributed by atoms with Gasteiger partial charge in [-0.1, -0.05) is 66.7 Å². The minimum atomic E-state index is 0.657. The minimum absolute atomic E-state index is 0.657. The molecule has 2 aromatic heterocycles. The minimum Gasteiger partial charge on any atom is -0.259 e. The zero-order chi connectivity index (χ0) is 17.3. The Morgan fingerprint density at radius 3 is 2.54 bits per heavy atom. The molecule has 0 amide bonds. The predicted octanol–water partition coefficient (Wildman–Crippen LogP) is 3.88. The molecule has 0 fully saturated rings. The van der Waals surface area contributed by atoms with Crippen LogP contribution in [0.3, 0.4) is 0 Å². The Bertz CT molecular complexity index is 1270. The van der Waals surface area contributed by atoms with Gasteiger partial charge < -0.3 is 0 Å². The SMILES string of the molecule is C(=NNc1nn2cnnc2c2ccccc12)c1cccc2ccccc12. The van der Waals surface area contributed by atoms with Crippen LogP contribution >= 0.6 is 0 Å². The molecule has 0 aliphatic rings. The van der Waals surface area contributed by atoms with Gasteiger partial charge in [-0.15, -0.1) is 15.3 Å². The molecule has 0 aliphatic carbocycles. The average Bonchev–Trinajstić information content (AvgIpc) is 3.17. The van der Waals surface area contributed by atoms with Gasteiger partial charge in [-0.3, -0.25) is 5.43 Å². The van der Waals surface area contributed by atoms with Gasteiger partial charge in [0, 0.05) is 16.3 Å². The van der Waals surface area contributed by atoms with Gasteiger partial charge in [0.1, 0.15) is 6.33 Å². The molecule has 0 aliphatic heterocycles. The average molecular weight is 338 g/mol. The van der Waals surface area contributed by atoms with E-state index in [1.54, 1.807) is 10.8 Å². The molecular weight excluding hydrogens is 324 g/mol. The third-order valence-electron chi connectivity index (χ3n) is 4.36. The number of hydrogen-bond donors (Lipinski definition) is 1. The first-order chi connectivity index (χ1) is 12.9. The van der Waals surface area contributed by atoms with Crippen LogP contribution in [0.15, 0.2) is 78.2 Å². The number of fused-ring (bicyclic) bond motifs is 4. The highest BCUT2D eigenvalue weighted by Gasteiger charge is 2.08. The van der Waals surface area contributed by atoms with E-state index < -0.39 is 0 Å². The maximum atomic E-state index is 4.52. The number of aromatic nitrogens is 4. The van der Waals surface area contributed by atoms with Crippen molar-refractivity contribution in [3.63, 3.8) is 0 Å². The number of nitrogens with one attached hydrogen (secondary N) is 1. The van der Waals surface area contributed by atoms with E-state index in [9.17, 15) is 0 Å². The van der Waals surface area contributed by atoms with E-state index in [4.69, 9.17) is 0 Å². The fourth-order valence-electron chi connectivity index (χ4n) is 3.14. The Morgan fingerprint density at radius 2 is 1.62 bits per heavy atom. The summed E-state index contributed by atoms with van der Waals surface area (Å²) >= 11 is 0. The summed E-state index contributed by atoms with van der Waals surface area (Å²) < 4.78 is 1.65. The van der Waals surface area contributed by atoms with E-state index >= 15 is 0 Å². The fourth-order valence-corrected chi connectivity index (χ4v) is 3.14. The third kappa shape index (κ3) is 2.36. The molecule has 1 N–H and O–H groups in total. The van der Waals surface area contributed by atoms with Gasteiger partial charge in [0.25, 0.3) is 0 Å². The summed E-state index contributed by atoms with van der Waals surface area (Å²) in [4.78, 5) is 0. The molecule has 0 spiro atoms. The normalized spacial score (nSPS) is 11.7. The highest BCUT2D eigenvalue weighted by atomic mass is 15.4. The van der Waals surface area contributed by atoms with E-state index in [0.717, 1.165) is 27.4 Å². The first-order valence-electron chi connectivity index (χ1n) is 8.26. The van der Waals surface area contributed by atoms with Gasteiger partial charge in [-0.25, -0.2) is 0 Å². The first kappa shape index (κ1) is 14.5. The summed E-state index contributed by atoms with van der Waals surface area (Å²) in [7, 11) is 0. The molecular formula is C20H14N6. The van der Waals surface area contributed by atoms with Gasteiger partial charge in [-0.2, -0.15) is 9.62 Å². The summed E-state index contributed by atoms with van der Waals surface area (Å²) in [5.41, 5.74) is 4.84. The summed E-state index contributed by atoms with van der Waals surface area (Å²) in [6.07, 6.45) is 3.40. The molecule has 0 saturated carbocycles. The van der Waals surface area contributed by atoms with Crippen molar-refractivity contribution in [2.75, 3.05) is 5.43 Å². The largest absolute Gasteiger partial charge is 0.259 e. The van der Waals surface area contributed by atoms with Crippen molar-refractivity contribution in [1.82, 2.24) is 19.8 Å². The molecule has 3 aromatic carbocycles. The standard InChI is InChI=1S/C20H14N6/c1-2-9-16-14(6-1)7-5-8-15(16)12-21-23-19-17-10-3-4-11-18(17)20-24-22-13-26(20)25-19/h1-13H,(H,23,25). The zero-order valence-corrected chi connectivity index (χ0v) is 13.7. The number of benzene rings is 3. The second-order valence-electron chi connectivity index (χ2n) is 5.93. The van der Waals surface area contributed by atoms with Crippen LogP contribution in [-0.4, -0.2) is 26.0 Å². The second-order valence-corrected chi connectivity index (χ2v) is 5.93. The lowest BCUT2D eigenvalue weighted by molar-refractivity contribution is 0.934. The Balaban J connectivity index is 1.56. The van der Waals surface area contributed by atoms with Crippen LogP contribution in [0.2, 0.25) is 0 Å². The van der Waals surface area contributed by atoms with Crippen LogP contribution in [0.5, 0.6) is 0 Å². The molecule has 0 radical (unpaired) electrons. The van der Waals surface area contributed by atoms with Gasteiger partial charge >= 0.3 is 0 Å². The van der Waals surface area contributed by atoms with Crippen LogP contribution in [0.25, 0.3) is 27.2 Å². The molecule has 124 valence electrons. The van der Waals surface area contributed by atoms with Crippen molar-refractivity contribution in [2.24, 2.45) is 5.10 Å². The van der Waals surface area contributed by atoms with Crippen molar-refractivity contribution in [2.45, 2.75) is 0 Å². The van der Waals surface area contributed by atoms with Gasteiger partial charge in [0.05, 0.1) is 6.21 Å². The van der Waals surface area contributed by atoms with E-state index in [0.29, 0.717) is 5.82 Å². The Hall–Kier alpha value is -3.80. The molecule has 0 bridgehead atoms. The van der Waals surface area contributed by atoms with Crippen LogP contribution in [0.4, 0.5) is 5.82 Å². The predicted molar refractivity (Wildman–Crippen MR) is 103 cm³/mol. The lowest BCUT2D eigenvalue weighted by atomic mass is 10.1. The maximum absolute atomic E-state index is 4.52. The third-order valence-corrected chi connectivity index (χ3v) is 4.36. The molecule has 5 aromatic rings. The van der Waals surface area contributed by atoms with Crippen molar-refractivity contribution < 1.29 is 0 Å². The lowest BCUT2D eigenvalue weighted by Gasteiger charge is -2.06. The summed E-state index contributed by atoms with van der Waals surface area (Å²) in [5.74, 6) is 0.657. The molecule has 26 heavy (non-hydrogen) atoms. The van der Waals surface area contributed by atoms with Crippen LogP contribution < -0.4 is 5.43 Å². The fraction of sp³-hybridized carbons (Fsp3) is 0. The first-order valence-corrected chi connectivity index (χ1v) is 8.26. The van der Waals surface area contributed by atoms with Crippen LogP contribution in [0, 0.1) is 0 Å². The summed E-state index contributed by atoms with van der Waals surface area (Å²) in [6, 6.07) is 22.3. The lowest BCUT2D eigenvalue weighted by Crippen LogP contribution is -2.00. The highest BCUT2D eigenvalue weighted by Crippen LogP contribution is 2.24. The molecule has 0 unspecified atom stereocenters. The summed E-state index contributed by atoms with van der Waals surface area (Å²) in [6.45, 7) is 0. The topological polar surface area (TPSA) is 67.5 Å². The van der Waals surface area contributed by atoms with Gasteiger partial charge in [0.2, 0.25) is 0 Å². The van der Waals surface area contributed by atoms with Crippen LogP contribution in [0.1, 0.15) is 5.56 Å². The Morgan fingerprint density at radius 1 is 0.846 bits per heavy atom. The second kappa shape index (κ2) is 5.93. The zero-order valence-electron chi connectivity index (χ0n) is 13.7. The van der Waals surface area contributed by atoms with Crippen molar-refractivity contribution in [1.29, 1.82) is 0 Å². The smallest absolute Gasteiger partial charge is 0.185 e. The highest BCUT2D eigenvalue weighted by molar-refractivity contribution is 6.01. The molecule has 0 atom stereocenters. The molecule has 6 heteroatoms. The molecule has 0 saturated heterocycles. The number of rotatable bonds is 3. The Labute approximate surface area is 148 Å². The monoisotopic (exact) mass is 338 g/mol. The number of nitrogens with zero attached hydrogens (tertiary/aromatic N) is 5.